The van der Waals surface area contributed by atoms with Gasteiger partial charge in [0.2, 0.25) is 11.7 Å². The molecule has 1 N–H and O–H groups in total. The number of nitrogens with zero attached hydrogens (tertiary/aromatic N) is 3. The van der Waals surface area contributed by atoms with Crippen molar-refractivity contribution in [3.05, 3.63) is 66.4 Å². The first kappa shape index (κ1) is 22.7. The Kier molecular flexibility index (Phi) is 7.47. The second kappa shape index (κ2) is 10.9. The van der Waals surface area contributed by atoms with Gasteiger partial charge in [-0.1, -0.05) is 36.4 Å². The minimum absolute atomic E-state index is 0.0433. The van der Waals surface area contributed by atoms with Gasteiger partial charge in [-0.2, -0.15) is 5.10 Å². The molecule has 4 rings (SSSR count). The lowest BCUT2D eigenvalue weighted by molar-refractivity contribution is -0.117. The van der Waals surface area contributed by atoms with Crippen LogP contribution < -0.4 is 19.5 Å². The van der Waals surface area contributed by atoms with Crippen molar-refractivity contribution in [3.63, 3.8) is 0 Å². The summed E-state index contributed by atoms with van der Waals surface area (Å²) < 4.78 is 18.9. The molecule has 1 aliphatic heterocycles. The Morgan fingerprint density at radius 3 is 2.36 bits per heavy atom. The molecule has 1 saturated heterocycles. The standard InChI is InChI=1S/C25H30N4O4/c1-31-21-9-6-10-22(32-2)25(21)33-20-12-15-28(16-13-20)18-24(30)27-23-11-14-26-29(23)17-19-7-4-3-5-8-19/h3-11,14,20H,12-13,15-18H2,1-2H3,(H,27,30). The molecule has 0 aliphatic carbocycles. The largest absolute Gasteiger partial charge is 0.493 e. The zero-order chi connectivity index (χ0) is 23.0. The van der Waals surface area contributed by atoms with Crippen LogP contribution in [0.4, 0.5) is 5.82 Å². The van der Waals surface area contributed by atoms with Crippen molar-refractivity contribution in [2.24, 2.45) is 0 Å². The van der Waals surface area contributed by atoms with Crippen LogP contribution in [0, 0.1) is 0 Å². The van der Waals surface area contributed by atoms with E-state index in [1.54, 1.807) is 25.1 Å². The Hall–Kier alpha value is -3.52. The van der Waals surface area contributed by atoms with E-state index in [0.717, 1.165) is 31.5 Å². The molecule has 0 bridgehead atoms. The lowest BCUT2D eigenvalue weighted by atomic mass is 10.1. The fourth-order valence-corrected chi connectivity index (χ4v) is 3.99. The number of ether oxygens (including phenoxy) is 3. The van der Waals surface area contributed by atoms with E-state index in [0.29, 0.717) is 36.2 Å². The molecule has 0 unspecified atom stereocenters. The van der Waals surface area contributed by atoms with E-state index < -0.39 is 0 Å². The van der Waals surface area contributed by atoms with Crippen LogP contribution in [-0.4, -0.2) is 60.5 Å². The predicted octanol–water partition coefficient (Wildman–Crippen LogP) is 3.43. The SMILES string of the molecule is COc1cccc(OC)c1OC1CCN(CC(=O)Nc2ccnn2Cc2ccccc2)CC1. The van der Waals surface area contributed by atoms with E-state index >= 15 is 0 Å². The lowest BCUT2D eigenvalue weighted by Gasteiger charge is -2.32. The van der Waals surface area contributed by atoms with Gasteiger partial charge in [0.05, 0.1) is 33.5 Å². The van der Waals surface area contributed by atoms with Crippen molar-refractivity contribution in [1.82, 2.24) is 14.7 Å². The number of para-hydroxylation sites is 1. The fourth-order valence-electron chi connectivity index (χ4n) is 3.99. The molecule has 8 nitrogen and oxygen atoms in total. The molecular formula is C25H30N4O4. The summed E-state index contributed by atoms with van der Waals surface area (Å²) in [6.45, 7) is 2.50. The van der Waals surface area contributed by atoms with Gasteiger partial charge in [0, 0.05) is 19.2 Å². The maximum atomic E-state index is 12.7. The molecule has 2 heterocycles. The van der Waals surface area contributed by atoms with Crippen LogP contribution in [0.25, 0.3) is 0 Å². The average Bonchev–Trinajstić information content (AvgIpc) is 3.27. The van der Waals surface area contributed by atoms with Crippen LogP contribution in [0.2, 0.25) is 0 Å². The number of piperidine rings is 1. The van der Waals surface area contributed by atoms with Gasteiger partial charge in [-0.15, -0.1) is 0 Å². The molecule has 0 spiro atoms. The number of nitrogens with one attached hydrogen (secondary N) is 1. The third-order valence-corrected chi connectivity index (χ3v) is 5.73. The summed E-state index contributed by atoms with van der Waals surface area (Å²) >= 11 is 0. The van der Waals surface area contributed by atoms with Crippen LogP contribution in [0.3, 0.4) is 0 Å². The van der Waals surface area contributed by atoms with Crippen molar-refractivity contribution in [2.45, 2.75) is 25.5 Å². The molecule has 1 aromatic heterocycles. The third kappa shape index (κ3) is 5.84. The van der Waals surface area contributed by atoms with E-state index in [9.17, 15) is 4.79 Å². The molecule has 33 heavy (non-hydrogen) atoms. The second-order valence-electron chi connectivity index (χ2n) is 7.99. The van der Waals surface area contributed by atoms with E-state index in [1.165, 1.54) is 0 Å². The summed E-state index contributed by atoms with van der Waals surface area (Å²) in [5.41, 5.74) is 1.13. The Labute approximate surface area is 194 Å². The maximum absolute atomic E-state index is 12.7. The van der Waals surface area contributed by atoms with E-state index in [4.69, 9.17) is 14.2 Å². The van der Waals surface area contributed by atoms with Gasteiger partial charge in [-0.3, -0.25) is 9.69 Å². The molecular weight excluding hydrogens is 420 g/mol. The highest BCUT2D eigenvalue weighted by atomic mass is 16.5. The number of aromatic nitrogens is 2. The van der Waals surface area contributed by atoms with Gasteiger partial charge in [0.25, 0.3) is 0 Å². The van der Waals surface area contributed by atoms with Gasteiger partial charge in [-0.05, 0) is 30.5 Å². The number of amides is 1. The summed E-state index contributed by atoms with van der Waals surface area (Å²) in [5.74, 6) is 2.60. The van der Waals surface area contributed by atoms with Crippen molar-refractivity contribution < 1.29 is 19.0 Å². The Balaban J connectivity index is 1.27. The molecule has 0 saturated carbocycles. The summed E-state index contributed by atoms with van der Waals surface area (Å²) in [4.78, 5) is 14.8. The summed E-state index contributed by atoms with van der Waals surface area (Å²) in [6.07, 6.45) is 3.38. The Morgan fingerprint density at radius 1 is 1.00 bits per heavy atom. The van der Waals surface area contributed by atoms with Gasteiger partial charge in [-0.25, -0.2) is 4.68 Å². The average molecular weight is 451 g/mol. The quantitative estimate of drug-likeness (QED) is 0.538. The molecule has 2 aromatic carbocycles. The number of carbonyl (C=O) groups is 1. The molecule has 1 fully saturated rings. The first-order valence-corrected chi connectivity index (χ1v) is 11.1. The topological polar surface area (TPSA) is 77.8 Å². The summed E-state index contributed by atoms with van der Waals surface area (Å²) in [7, 11) is 3.24. The predicted molar refractivity (Wildman–Crippen MR) is 126 cm³/mol. The number of anilines is 1. The minimum Gasteiger partial charge on any atom is -0.493 e. The fraction of sp³-hybridized carbons (Fsp3) is 0.360. The molecule has 3 aromatic rings. The Morgan fingerprint density at radius 2 is 1.70 bits per heavy atom. The molecule has 174 valence electrons. The highest BCUT2D eigenvalue weighted by Gasteiger charge is 2.24. The first-order valence-electron chi connectivity index (χ1n) is 11.1. The molecule has 1 amide bonds. The highest BCUT2D eigenvalue weighted by molar-refractivity contribution is 5.91. The van der Waals surface area contributed by atoms with Gasteiger partial charge in [0.15, 0.2) is 11.5 Å². The van der Waals surface area contributed by atoms with Crippen LogP contribution in [0.1, 0.15) is 18.4 Å². The van der Waals surface area contributed by atoms with Crippen LogP contribution in [0.15, 0.2) is 60.8 Å². The van der Waals surface area contributed by atoms with E-state index in [-0.39, 0.29) is 12.0 Å². The number of methoxy groups -OCH3 is 2. The zero-order valence-corrected chi connectivity index (χ0v) is 19.1. The van der Waals surface area contributed by atoms with E-state index in [2.05, 4.69) is 15.3 Å². The number of hydrogen-bond acceptors (Lipinski definition) is 6. The van der Waals surface area contributed by atoms with Crippen molar-refractivity contribution in [2.75, 3.05) is 39.2 Å². The number of hydrogen-bond donors (Lipinski definition) is 1. The van der Waals surface area contributed by atoms with Crippen LogP contribution in [0.5, 0.6) is 17.2 Å². The first-order chi connectivity index (χ1) is 16.2. The van der Waals surface area contributed by atoms with Crippen LogP contribution >= 0.6 is 0 Å². The number of benzene rings is 2. The van der Waals surface area contributed by atoms with Gasteiger partial charge >= 0.3 is 0 Å². The smallest absolute Gasteiger partial charge is 0.239 e. The van der Waals surface area contributed by atoms with Crippen molar-refractivity contribution in [1.29, 1.82) is 0 Å². The summed E-state index contributed by atoms with van der Waals surface area (Å²) in [6, 6.07) is 17.5. The second-order valence-corrected chi connectivity index (χ2v) is 7.99. The van der Waals surface area contributed by atoms with E-state index in [1.807, 2.05) is 54.6 Å². The number of likely N-dealkylation sites (tertiary alicyclic amines) is 1. The number of carbonyl (C=O) groups excluding carboxylic acids is 1. The highest BCUT2D eigenvalue weighted by Crippen LogP contribution is 2.38. The van der Waals surface area contributed by atoms with Crippen LogP contribution in [-0.2, 0) is 11.3 Å². The molecule has 1 aliphatic rings. The minimum atomic E-state index is -0.0458. The molecule has 0 radical (unpaired) electrons. The van der Waals surface area contributed by atoms with Gasteiger partial charge < -0.3 is 19.5 Å². The third-order valence-electron chi connectivity index (χ3n) is 5.73. The maximum Gasteiger partial charge on any atom is 0.239 e. The zero-order valence-electron chi connectivity index (χ0n) is 19.1. The van der Waals surface area contributed by atoms with Crippen molar-refractivity contribution in [3.8, 4) is 17.2 Å². The lowest BCUT2D eigenvalue weighted by Crippen LogP contribution is -2.42. The monoisotopic (exact) mass is 450 g/mol. The summed E-state index contributed by atoms with van der Waals surface area (Å²) in [5, 5.41) is 7.34. The molecule has 8 heteroatoms. The molecule has 0 atom stereocenters. The number of rotatable bonds is 9. The normalized spacial score (nSPS) is 14.6. The Bertz CT molecular complexity index is 1020. The van der Waals surface area contributed by atoms with Gasteiger partial charge in [0.1, 0.15) is 11.9 Å². The van der Waals surface area contributed by atoms with Crippen molar-refractivity contribution >= 4 is 11.7 Å².